The highest BCUT2D eigenvalue weighted by atomic mass is 32.2. The minimum atomic E-state index is -0.432. The molecule has 0 aromatic heterocycles. The third-order valence-electron chi connectivity index (χ3n) is 9.64. The molecular formula is C46H34F2N2S2. The molecule has 0 radical (unpaired) electrons. The van der Waals surface area contributed by atoms with Gasteiger partial charge in [0.25, 0.3) is 0 Å². The van der Waals surface area contributed by atoms with Crippen LogP contribution in [0.4, 0.5) is 42.9 Å². The van der Waals surface area contributed by atoms with Gasteiger partial charge in [-0.1, -0.05) is 117 Å². The molecule has 9 rings (SSSR count). The Morgan fingerprint density at radius 2 is 0.731 bits per heavy atom. The smallest absolute Gasteiger partial charge is 0.123 e. The van der Waals surface area contributed by atoms with Gasteiger partial charge in [-0.05, 0) is 95.4 Å². The number of nitrogens with zero attached hydrogens (tertiary/aromatic N) is 2. The number of rotatable bonds is 4. The minimum absolute atomic E-state index is 0.291. The van der Waals surface area contributed by atoms with Crippen LogP contribution in [0, 0.1) is 11.6 Å². The van der Waals surface area contributed by atoms with E-state index in [1.54, 1.807) is 23.5 Å². The van der Waals surface area contributed by atoms with Crippen LogP contribution in [-0.2, 0) is 5.41 Å². The highest BCUT2D eigenvalue weighted by Crippen LogP contribution is 2.61. The first-order valence-corrected chi connectivity index (χ1v) is 18.9. The zero-order valence-electron chi connectivity index (χ0n) is 28.9. The zero-order chi connectivity index (χ0) is 35.6. The Morgan fingerprint density at radius 3 is 1.04 bits per heavy atom. The molecular weight excluding hydrogens is 683 g/mol. The van der Waals surface area contributed by atoms with Gasteiger partial charge < -0.3 is 9.80 Å². The standard InChI is InChI=1S/C46H34F2N2S2/c1-46(2,3)43-44(49-35-12-4-8-16-39(35)51-40-17-9-5-13-36(40)49)33(29-20-24-31(47)25-21-29)28-34(30-22-26-32(48)27-23-30)45(43)50-37-14-6-10-18-41(37)52-42-19-11-7-15-38(42)50/h4-28H,1-3H3. The lowest BCUT2D eigenvalue weighted by atomic mass is 9.78. The van der Waals surface area contributed by atoms with Gasteiger partial charge in [0.2, 0.25) is 0 Å². The topological polar surface area (TPSA) is 6.48 Å². The first-order chi connectivity index (χ1) is 25.3. The number of halogens is 2. The molecule has 2 nitrogen and oxygen atoms in total. The maximum absolute atomic E-state index is 14.6. The maximum atomic E-state index is 14.6. The van der Waals surface area contributed by atoms with Gasteiger partial charge in [0.1, 0.15) is 11.6 Å². The molecule has 254 valence electrons. The van der Waals surface area contributed by atoms with E-state index in [1.807, 2.05) is 24.3 Å². The third-order valence-corrected chi connectivity index (χ3v) is 11.9. The third kappa shape index (κ3) is 5.49. The monoisotopic (exact) mass is 716 g/mol. The fourth-order valence-electron chi connectivity index (χ4n) is 7.43. The summed E-state index contributed by atoms with van der Waals surface area (Å²) in [6.45, 7) is 6.81. The summed E-state index contributed by atoms with van der Waals surface area (Å²) in [5.74, 6) is -0.582. The van der Waals surface area contributed by atoms with E-state index in [1.165, 1.54) is 24.3 Å². The molecule has 7 aromatic carbocycles. The Labute approximate surface area is 311 Å². The maximum Gasteiger partial charge on any atom is 0.123 e. The van der Waals surface area contributed by atoms with E-state index in [0.29, 0.717) is 0 Å². The van der Waals surface area contributed by atoms with Crippen molar-refractivity contribution in [2.75, 3.05) is 9.80 Å². The van der Waals surface area contributed by atoms with Crippen LogP contribution in [0.2, 0.25) is 0 Å². The average molecular weight is 717 g/mol. The fraction of sp³-hybridized carbons (Fsp3) is 0.0870. The van der Waals surface area contributed by atoms with Crippen molar-refractivity contribution in [1.82, 2.24) is 0 Å². The van der Waals surface area contributed by atoms with E-state index in [4.69, 9.17) is 0 Å². The lowest BCUT2D eigenvalue weighted by Gasteiger charge is -2.43. The number of benzene rings is 7. The molecule has 0 saturated heterocycles. The highest BCUT2D eigenvalue weighted by Gasteiger charge is 2.38. The van der Waals surface area contributed by atoms with Gasteiger partial charge in [-0.2, -0.15) is 0 Å². The van der Waals surface area contributed by atoms with Crippen molar-refractivity contribution in [3.8, 4) is 22.3 Å². The molecule has 0 atom stereocenters. The average Bonchev–Trinajstić information content (AvgIpc) is 3.15. The van der Waals surface area contributed by atoms with Crippen LogP contribution in [-0.4, -0.2) is 0 Å². The van der Waals surface area contributed by atoms with Crippen molar-refractivity contribution in [1.29, 1.82) is 0 Å². The Kier molecular flexibility index (Phi) is 7.98. The van der Waals surface area contributed by atoms with Gasteiger partial charge in [-0.25, -0.2) is 8.78 Å². The van der Waals surface area contributed by atoms with Crippen LogP contribution in [0.3, 0.4) is 0 Å². The fourth-order valence-corrected chi connectivity index (χ4v) is 9.54. The molecule has 6 heteroatoms. The number of para-hydroxylation sites is 4. The second-order valence-electron chi connectivity index (χ2n) is 14.1. The van der Waals surface area contributed by atoms with Gasteiger partial charge in [0, 0.05) is 36.3 Å². The number of anilines is 6. The highest BCUT2D eigenvalue weighted by molar-refractivity contribution is 8.00. The van der Waals surface area contributed by atoms with Crippen molar-refractivity contribution in [2.45, 2.75) is 45.8 Å². The van der Waals surface area contributed by atoms with E-state index < -0.39 is 5.41 Å². The zero-order valence-corrected chi connectivity index (χ0v) is 30.5. The molecule has 2 aliphatic heterocycles. The summed E-state index contributed by atoms with van der Waals surface area (Å²) in [6.07, 6.45) is 0. The first kappa shape index (κ1) is 32.6. The molecule has 0 fully saturated rings. The van der Waals surface area contributed by atoms with E-state index in [-0.39, 0.29) is 11.6 Å². The van der Waals surface area contributed by atoms with Crippen LogP contribution in [0.15, 0.2) is 171 Å². The predicted molar refractivity (Wildman–Crippen MR) is 214 cm³/mol. The summed E-state index contributed by atoms with van der Waals surface area (Å²) in [5, 5.41) is 0. The number of hydrogen-bond donors (Lipinski definition) is 0. The molecule has 0 N–H and O–H groups in total. The molecule has 0 unspecified atom stereocenters. The first-order valence-electron chi connectivity index (χ1n) is 17.3. The molecule has 7 aromatic rings. The van der Waals surface area contributed by atoms with E-state index in [2.05, 4.69) is 134 Å². The summed E-state index contributed by atoms with van der Waals surface area (Å²) in [5.41, 5.74) is 10.7. The SMILES string of the molecule is CC(C)(C)c1c(N2c3ccccc3Sc3ccccc32)c(-c2ccc(F)cc2)cc(-c2ccc(F)cc2)c1N1c2ccccc2Sc2ccccc21. The molecule has 2 aliphatic rings. The number of hydrogen-bond acceptors (Lipinski definition) is 4. The van der Waals surface area contributed by atoms with Crippen molar-refractivity contribution in [2.24, 2.45) is 0 Å². The van der Waals surface area contributed by atoms with Crippen molar-refractivity contribution in [3.05, 3.63) is 169 Å². The molecule has 0 saturated carbocycles. The van der Waals surface area contributed by atoms with Gasteiger partial charge in [-0.15, -0.1) is 0 Å². The van der Waals surface area contributed by atoms with E-state index >= 15 is 0 Å². The molecule has 0 aliphatic carbocycles. The van der Waals surface area contributed by atoms with Gasteiger partial charge >= 0.3 is 0 Å². The largest absolute Gasteiger partial charge is 0.307 e. The summed E-state index contributed by atoms with van der Waals surface area (Å²) in [4.78, 5) is 9.44. The quantitative estimate of drug-likeness (QED) is 0.179. The normalized spacial score (nSPS) is 13.2. The van der Waals surface area contributed by atoms with E-state index in [0.717, 1.165) is 81.5 Å². The predicted octanol–water partition coefficient (Wildman–Crippen LogP) is 14.5. The van der Waals surface area contributed by atoms with Crippen LogP contribution < -0.4 is 9.80 Å². The molecule has 52 heavy (non-hydrogen) atoms. The minimum Gasteiger partial charge on any atom is -0.307 e. The second kappa shape index (κ2) is 12.7. The van der Waals surface area contributed by atoms with Gasteiger partial charge in [-0.3, -0.25) is 0 Å². The molecule has 2 heterocycles. The van der Waals surface area contributed by atoms with Gasteiger partial charge in [0.05, 0.1) is 34.1 Å². The summed E-state index contributed by atoms with van der Waals surface area (Å²) in [7, 11) is 0. The van der Waals surface area contributed by atoms with Crippen molar-refractivity contribution in [3.63, 3.8) is 0 Å². The summed E-state index contributed by atoms with van der Waals surface area (Å²) in [6, 6.07) is 50.0. The van der Waals surface area contributed by atoms with Gasteiger partial charge in [0.15, 0.2) is 0 Å². The Balaban J connectivity index is 1.50. The van der Waals surface area contributed by atoms with Crippen LogP contribution in [0.5, 0.6) is 0 Å². The lowest BCUT2D eigenvalue weighted by Crippen LogP contribution is -2.27. The molecule has 0 spiro atoms. The Bertz CT molecular complexity index is 2230. The van der Waals surface area contributed by atoms with Crippen LogP contribution >= 0.6 is 23.5 Å². The van der Waals surface area contributed by atoms with E-state index in [9.17, 15) is 8.78 Å². The summed E-state index contributed by atoms with van der Waals surface area (Å²) >= 11 is 3.55. The lowest BCUT2D eigenvalue weighted by molar-refractivity contribution is 0.591. The van der Waals surface area contributed by atoms with Crippen molar-refractivity contribution < 1.29 is 8.78 Å². The van der Waals surface area contributed by atoms with Crippen LogP contribution in [0.1, 0.15) is 26.3 Å². The Hall–Kier alpha value is -5.30. The van der Waals surface area contributed by atoms with Crippen molar-refractivity contribution >= 4 is 57.6 Å². The molecule has 0 bridgehead atoms. The number of fused-ring (bicyclic) bond motifs is 4. The molecule has 0 amide bonds. The van der Waals surface area contributed by atoms with Crippen LogP contribution in [0.25, 0.3) is 22.3 Å². The second-order valence-corrected chi connectivity index (χ2v) is 16.2. The summed E-state index contributed by atoms with van der Waals surface area (Å²) < 4.78 is 29.3. The Morgan fingerprint density at radius 1 is 0.423 bits per heavy atom.